The molecule has 0 amide bonds. The van der Waals surface area contributed by atoms with Crippen molar-refractivity contribution in [2.45, 2.75) is 39.5 Å². The zero-order valence-electron chi connectivity index (χ0n) is 13.0. The lowest BCUT2D eigenvalue weighted by Gasteiger charge is -2.13. The summed E-state index contributed by atoms with van der Waals surface area (Å²) >= 11 is 0. The minimum atomic E-state index is 0.105. The molecule has 0 heterocycles. The first-order chi connectivity index (χ1) is 9.61. The van der Waals surface area contributed by atoms with E-state index in [0.717, 1.165) is 12.3 Å². The van der Waals surface area contributed by atoms with Gasteiger partial charge in [-0.25, -0.2) is 0 Å². The number of hydrogen-bond donors (Lipinski definition) is 1. The minimum Gasteiger partial charge on any atom is -0.491 e. The van der Waals surface area contributed by atoms with E-state index in [1.54, 1.807) is 7.11 Å². The zero-order valence-corrected chi connectivity index (χ0v) is 13.0. The standard InChI is InChI=1S/C16H27NO3/c1-13(2)17-11-15-5-7-16(8-6-15)20-10-9-19-14(3)12-18-4/h5-8,13-14,17H,9-12H2,1-4H3. The molecule has 1 rings (SSSR count). The molecule has 1 unspecified atom stereocenters. The van der Waals surface area contributed by atoms with Crippen LogP contribution < -0.4 is 10.1 Å². The molecule has 1 N–H and O–H groups in total. The largest absolute Gasteiger partial charge is 0.491 e. The predicted octanol–water partition coefficient (Wildman–Crippen LogP) is 2.61. The van der Waals surface area contributed by atoms with Gasteiger partial charge in [0, 0.05) is 19.7 Å². The first-order valence-electron chi connectivity index (χ1n) is 7.17. The lowest BCUT2D eigenvalue weighted by molar-refractivity contribution is -0.00214. The average molecular weight is 281 g/mol. The third-order valence-electron chi connectivity index (χ3n) is 2.79. The molecule has 4 heteroatoms. The molecule has 4 nitrogen and oxygen atoms in total. The molecule has 0 saturated heterocycles. The van der Waals surface area contributed by atoms with Gasteiger partial charge in [0.1, 0.15) is 12.4 Å². The second kappa shape index (κ2) is 9.75. The molecule has 114 valence electrons. The lowest BCUT2D eigenvalue weighted by Crippen LogP contribution is -2.21. The van der Waals surface area contributed by atoms with Crippen LogP contribution in [0.15, 0.2) is 24.3 Å². The fraction of sp³-hybridized carbons (Fsp3) is 0.625. The van der Waals surface area contributed by atoms with E-state index in [4.69, 9.17) is 14.2 Å². The Kier molecular flexibility index (Phi) is 8.26. The predicted molar refractivity (Wildman–Crippen MR) is 81.2 cm³/mol. The Morgan fingerprint density at radius 1 is 1.05 bits per heavy atom. The van der Waals surface area contributed by atoms with Crippen molar-refractivity contribution >= 4 is 0 Å². The summed E-state index contributed by atoms with van der Waals surface area (Å²) < 4.78 is 16.2. The van der Waals surface area contributed by atoms with Crippen LogP contribution in [0.25, 0.3) is 0 Å². The van der Waals surface area contributed by atoms with Crippen LogP contribution in [-0.4, -0.2) is 39.1 Å². The van der Waals surface area contributed by atoms with E-state index in [1.807, 2.05) is 19.1 Å². The fourth-order valence-corrected chi connectivity index (χ4v) is 1.72. The third kappa shape index (κ3) is 7.48. The maximum absolute atomic E-state index is 5.63. The molecule has 0 aliphatic heterocycles. The minimum absolute atomic E-state index is 0.105. The van der Waals surface area contributed by atoms with Crippen molar-refractivity contribution in [3.63, 3.8) is 0 Å². The molecular weight excluding hydrogens is 254 g/mol. The number of rotatable bonds is 10. The van der Waals surface area contributed by atoms with Crippen molar-refractivity contribution in [2.24, 2.45) is 0 Å². The molecule has 0 spiro atoms. The summed E-state index contributed by atoms with van der Waals surface area (Å²) in [5.74, 6) is 0.876. The Hall–Kier alpha value is -1.10. The van der Waals surface area contributed by atoms with Crippen LogP contribution in [0.4, 0.5) is 0 Å². The Balaban J connectivity index is 2.21. The molecule has 0 aliphatic carbocycles. The second-order valence-corrected chi connectivity index (χ2v) is 5.16. The summed E-state index contributed by atoms with van der Waals surface area (Å²) in [6.07, 6.45) is 0.105. The monoisotopic (exact) mass is 281 g/mol. The number of nitrogens with one attached hydrogen (secondary N) is 1. The smallest absolute Gasteiger partial charge is 0.119 e. The van der Waals surface area contributed by atoms with Gasteiger partial charge in [-0.3, -0.25) is 0 Å². The topological polar surface area (TPSA) is 39.7 Å². The van der Waals surface area contributed by atoms with E-state index in [1.165, 1.54) is 5.56 Å². The van der Waals surface area contributed by atoms with Crippen LogP contribution in [-0.2, 0) is 16.0 Å². The molecule has 1 aromatic rings. The van der Waals surface area contributed by atoms with E-state index in [2.05, 4.69) is 31.3 Å². The van der Waals surface area contributed by atoms with Gasteiger partial charge >= 0.3 is 0 Å². The summed E-state index contributed by atoms with van der Waals surface area (Å²) in [7, 11) is 1.67. The van der Waals surface area contributed by atoms with Crippen LogP contribution in [0.2, 0.25) is 0 Å². The number of benzene rings is 1. The number of ether oxygens (including phenoxy) is 3. The molecule has 1 aromatic carbocycles. The molecule has 0 aliphatic rings. The van der Waals surface area contributed by atoms with Crippen LogP contribution in [0.1, 0.15) is 26.3 Å². The van der Waals surface area contributed by atoms with Gasteiger partial charge in [0.25, 0.3) is 0 Å². The molecule has 0 fully saturated rings. The molecule has 0 radical (unpaired) electrons. The summed E-state index contributed by atoms with van der Waals surface area (Å²) in [6, 6.07) is 8.65. The third-order valence-corrected chi connectivity index (χ3v) is 2.79. The number of hydrogen-bond acceptors (Lipinski definition) is 4. The highest BCUT2D eigenvalue weighted by Crippen LogP contribution is 2.12. The molecule has 0 bridgehead atoms. The maximum Gasteiger partial charge on any atom is 0.119 e. The average Bonchev–Trinajstić information content (AvgIpc) is 2.43. The first-order valence-corrected chi connectivity index (χ1v) is 7.17. The Bertz CT molecular complexity index is 351. The fourth-order valence-electron chi connectivity index (χ4n) is 1.72. The van der Waals surface area contributed by atoms with E-state index in [0.29, 0.717) is 25.9 Å². The highest BCUT2D eigenvalue weighted by atomic mass is 16.5. The van der Waals surface area contributed by atoms with Gasteiger partial charge in [-0.15, -0.1) is 0 Å². The summed E-state index contributed by atoms with van der Waals surface area (Å²) in [5, 5.41) is 3.39. The lowest BCUT2D eigenvalue weighted by atomic mass is 10.2. The van der Waals surface area contributed by atoms with Gasteiger partial charge in [-0.1, -0.05) is 26.0 Å². The van der Waals surface area contributed by atoms with E-state index in [-0.39, 0.29) is 6.10 Å². The zero-order chi connectivity index (χ0) is 14.8. The van der Waals surface area contributed by atoms with Crippen molar-refractivity contribution in [3.8, 4) is 5.75 Å². The Labute approximate surface area is 122 Å². The molecule has 0 aromatic heterocycles. The number of methoxy groups -OCH3 is 1. The van der Waals surface area contributed by atoms with Gasteiger partial charge in [-0.2, -0.15) is 0 Å². The maximum atomic E-state index is 5.63. The Morgan fingerprint density at radius 2 is 1.75 bits per heavy atom. The Morgan fingerprint density at radius 3 is 2.35 bits per heavy atom. The molecule has 0 saturated carbocycles. The van der Waals surface area contributed by atoms with Crippen molar-refractivity contribution in [1.82, 2.24) is 5.32 Å². The van der Waals surface area contributed by atoms with E-state index in [9.17, 15) is 0 Å². The molecular formula is C16H27NO3. The van der Waals surface area contributed by atoms with Crippen LogP contribution in [0.5, 0.6) is 5.75 Å². The van der Waals surface area contributed by atoms with Crippen molar-refractivity contribution < 1.29 is 14.2 Å². The van der Waals surface area contributed by atoms with Gasteiger partial charge in [0.2, 0.25) is 0 Å². The highest BCUT2D eigenvalue weighted by molar-refractivity contribution is 5.27. The highest BCUT2D eigenvalue weighted by Gasteiger charge is 2.01. The van der Waals surface area contributed by atoms with Gasteiger partial charge in [-0.05, 0) is 24.6 Å². The van der Waals surface area contributed by atoms with Crippen molar-refractivity contribution in [3.05, 3.63) is 29.8 Å². The van der Waals surface area contributed by atoms with Gasteiger partial charge in [0.05, 0.1) is 19.3 Å². The van der Waals surface area contributed by atoms with Crippen molar-refractivity contribution in [1.29, 1.82) is 0 Å². The molecule has 20 heavy (non-hydrogen) atoms. The van der Waals surface area contributed by atoms with Crippen LogP contribution >= 0.6 is 0 Å². The summed E-state index contributed by atoms with van der Waals surface area (Å²) in [6.45, 7) is 8.89. The normalized spacial score (nSPS) is 12.7. The van der Waals surface area contributed by atoms with Crippen LogP contribution in [0.3, 0.4) is 0 Å². The first kappa shape index (κ1) is 17.0. The quantitative estimate of drug-likeness (QED) is 0.669. The van der Waals surface area contributed by atoms with E-state index >= 15 is 0 Å². The van der Waals surface area contributed by atoms with Gasteiger partial charge < -0.3 is 19.5 Å². The second-order valence-electron chi connectivity index (χ2n) is 5.16. The summed E-state index contributed by atoms with van der Waals surface area (Å²) in [5.41, 5.74) is 1.26. The summed E-state index contributed by atoms with van der Waals surface area (Å²) in [4.78, 5) is 0. The van der Waals surface area contributed by atoms with E-state index < -0.39 is 0 Å². The van der Waals surface area contributed by atoms with Crippen molar-refractivity contribution in [2.75, 3.05) is 26.9 Å². The van der Waals surface area contributed by atoms with Crippen LogP contribution in [0, 0.1) is 0 Å². The molecule has 1 atom stereocenters. The SMILES string of the molecule is COCC(C)OCCOc1ccc(CNC(C)C)cc1. The van der Waals surface area contributed by atoms with Gasteiger partial charge in [0.15, 0.2) is 0 Å².